The minimum Gasteiger partial charge on any atom is -0.336 e. The Bertz CT molecular complexity index is 1300. The van der Waals surface area contributed by atoms with Crippen molar-refractivity contribution < 1.29 is 17.6 Å². The Hall–Kier alpha value is -3.04. The standard InChI is InChI=1S/C21H20FN3O4S/c1-23-19-8-3-2-7-17(19)18(14-20(23)26)21(27)24-9-11-25(12-10-24)30(28,29)16-6-4-5-15(22)13-16/h2-8,13-14H,9-12H2,1H3. The van der Waals surface area contributed by atoms with Crippen LogP contribution in [0.15, 0.2) is 64.3 Å². The average molecular weight is 429 g/mol. The molecule has 2 heterocycles. The molecule has 1 amide bonds. The number of piperazine rings is 1. The number of aryl methyl sites for hydroxylation is 1. The van der Waals surface area contributed by atoms with Gasteiger partial charge in [-0.05, 0) is 24.3 Å². The number of hydrogen-bond donors (Lipinski definition) is 0. The molecule has 0 N–H and O–H groups in total. The third kappa shape index (κ3) is 3.50. The minimum atomic E-state index is -3.84. The van der Waals surface area contributed by atoms with Gasteiger partial charge in [-0.1, -0.05) is 24.3 Å². The quantitative estimate of drug-likeness (QED) is 0.636. The van der Waals surface area contributed by atoms with E-state index >= 15 is 0 Å². The van der Waals surface area contributed by atoms with E-state index in [1.807, 2.05) is 0 Å². The summed E-state index contributed by atoms with van der Waals surface area (Å²) < 4.78 is 41.7. The molecule has 0 atom stereocenters. The number of pyridine rings is 1. The Morgan fingerprint density at radius 2 is 1.67 bits per heavy atom. The van der Waals surface area contributed by atoms with Crippen molar-refractivity contribution in [1.82, 2.24) is 13.8 Å². The molecule has 1 aliphatic rings. The number of carbonyl (C=O) groups excluding carboxylic acids is 1. The van der Waals surface area contributed by atoms with Crippen LogP contribution in [0.4, 0.5) is 4.39 Å². The van der Waals surface area contributed by atoms with Crippen molar-refractivity contribution in [3.8, 4) is 0 Å². The molecular weight excluding hydrogens is 409 g/mol. The number of carbonyl (C=O) groups is 1. The van der Waals surface area contributed by atoms with Gasteiger partial charge in [-0.2, -0.15) is 4.31 Å². The van der Waals surface area contributed by atoms with Crippen LogP contribution in [0, 0.1) is 5.82 Å². The monoisotopic (exact) mass is 429 g/mol. The Morgan fingerprint density at radius 3 is 2.37 bits per heavy atom. The molecule has 30 heavy (non-hydrogen) atoms. The van der Waals surface area contributed by atoms with Crippen LogP contribution in [0.2, 0.25) is 0 Å². The lowest BCUT2D eigenvalue weighted by Gasteiger charge is -2.34. The van der Waals surface area contributed by atoms with E-state index in [9.17, 15) is 22.4 Å². The second-order valence-corrected chi connectivity index (χ2v) is 9.06. The van der Waals surface area contributed by atoms with Gasteiger partial charge < -0.3 is 9.47 Å². The number of hydrogen-bond acceptors (Lipinski definition) is 4. The summed E-state index contributed by atoms with van der Waals surface area (Å²) in [4.78, 5) is 26.8. The Balaban J connectivity index is 1.57. The molecule has 1 aromatic heterocycles. The zero-order valence-electron chi connectivity index (χ0n) is 16.3. The van der Waals surface area contributed by atoms with Crippen molar-refractivity contribution in [2.24, 2.45) is 7.05 Å². The summed E-state index contributed by atoms with van der Waals surface area (Å²) in [6.45, 7) is 0.536. The van der Waals surface area contributed by atoms with Gasteiger partial charge in [0.05, 0.1) is 16.0 Å². The molecule has 4 rings (SSSR count). The Labute approximate surface area is 173 Å². The molecule has 7 nitrogen and oxygen atoms in total. The van der Waals surface area contributed by atoms with Crippen LogP contribution < -0.4 is 5.56 Å². The Morgan fingerprint density at radius 1 is 0.967 bits per heavy atom. The first kappa shape index (κ1) is 20.2. The lowest BCUT2D eigenvalue weighted by molar-refractivity contribution is 0.0699. The number of sulfonamides is 1. The second-order valence-electron chi connectivity index (χ2n) is 7.13. The van der Waals surface area contributed by atoms with E-state index in [4.69, 9.17) is 0 Å². The highest BCUT2D eigenvalue weighted by Crippen LogP contribution is 2.21. The number of benzene rings is 2. The van der Waals surface area contributed by atoms with Gasteiger partial charge in [-0.15, -0.1) is 0 Å². The highest BCUT2D eigenvalue weighted by atomic mass is 32.2. The molecule has 3 aromatic rings. The van der Waals surface area contributed by atoms with E-state index in [1.54, 1.807) is 36.2 Å². The van der Waals surface area contributed by atoms with Gasteiger partial charge in [0.2, 0.25) is 10.0 Å². The minimum absolute atomic E-state index is 0.0906. The second kappa shape index (κ2) is 7.66. The summed E-state index contributed by atoms with van der Waals surface area (Å²) in [6.07, 6.45) is 0. The third-order valence-electron chi connectivity index (χ3n) is 5.34. The highest BCUT2D eigenvalue weighted by Gasteiger charge is 2.31. The van der Waals surface area contributed by atoms with Gasteiger partial charge in [0.1, 0.15) is 5.82 Å². The Kier molecular flexibility index (Phi) is 5.17. The van der Waals surface area contributed by atoms with E-state index in [1.165, 1.54) is 33.1 Å². The molecule has 0 saturated carbocycles. The number of halogens is 1. The molecule has 0 spiro atoms. The fourth-order valence-electron chi connectivity index (χ4n) is 3.67. The summed E-state index contributed by atoms with van der Waals surface area (Å²) >= 11 is 0. The normalized spacial score (nSPS) is 15.5. The van der Waals surface area contributed by atoms with Crippen LogP contribution in [-0.2, 0) is 17.1 Å². The summed E-state index contributed by atoms with van der Waals surface area (Å²) in [5.41, 5.74) is 0.667. The zero-order chi connectivity index (χ0) is 21.5. The number of nitrogens with zero attached hydrogens (tertiary/aromatic N) is 3. The van der Waals surface area contributed by atoms with E-state index in [2.05, 4.69) is 0 Å². The topological polar surface area (TPSA) is 79.7 Å². The summed E-state index contributed by atoms with van der Waals surface area (Å²) in [6, 6.07) is 13.3. The maximum absolute atomic E-state index is 13.4. The van der Waals surface area contributed by atoms with Crippen LogP contribution in [0.5, 0.6) is 0 Å². The largest absolute Gasteiger partial charge is 0.336 e. The maximum atomic E-state index is 13.4. The number of rotatable bonds is 3. The first-order chi connectivity index (χ1) is 14.3. The molecular formula is C21H20FN3O4S. The van der Waals surface area contributed by atoms with Gasteiger partial charge in [0.25, 0.3) is 11.5 Å². The smallest absolute Gasteiger partial charge is 0.254 e. The fourth-order valence-corrected chi connectivity index (χ4v) is 5.12. The van der Waals surface area contributed by atoms with Crippen molar-refractivity contribution in [3.05, 3.63) is 76.3 Å². The molecule has 1 saturated heterocycles. The molecule has 0 aliphatic carbocycles. The SMILES string of the molecule is Cn1c(=O)cc(C(=O)N2CCN(S(=O)(=O)c3cccc(F)c3)CC2)c2ccccc21. The van der Waals surface area contributed by atoms with Crippen molar-refractivity contribution in [2.75, 3.05) is 26.2 Å². The number of amides is 1. The highest BCUT2D eigenvalue weighted by molar-refractivity contribution is 7.89. The van der Waals surface area contributed by atoms with Gasteiger partial charge in [0, 0.05) is 44.7 Å². The van der Waals surface area contributed by atoms with Gasteiger partial charge in [-0.25, -0.2) is 12.8 Å². The van der Waals surface area contributed by atoms with Gasteiger partial charge in [0.15, 0.2) is 0 Å². The average Bonchev–Trinajstić information content (AvgIpc) is 2.76. The molecule has 0 unspecified atom stereocenters. The maximum Gasteiger partial charge on any atom is 0.254 e. The zero-order valence-corrected chi connectivity index (χ0v) is 17.1. The van der Waals surface area contributed by atoms with Crippen LogP contribution >= 0.6 is 0 Å². The fraction of sp³-hybridized carbons (Fsp3) is 0.238. The van der Waals surface area contributed by atoms with Crippen molar-refractivity contribution in [1.29, 1.82) is 0 Å². The summed E-state index contributed by atoms with van der Waals surface area (Å²) in [5, 5.41) is 0.666. The summed E-state index contributed by atoms with van der Waals surface area (Å²) in [5.74, 6) is -0.936. The summed E-state index contributed by atoms with van der Waals surface area (Å²) in [7, 11) is -2.20. The molecule has 0 radical (unpaired) electrons. The lowest BCUT2D eigenvalue weighted by Crippen LogP contribution is -2.50. The number of aromatic nitrogens is 1. The molecule has 0 bridgehead atoms. The van der Waals surface area contributed by atoms with Crippen molar-refractivity contribution in [3.63, 3.8) is 0 Å². The first-order valence-electron chi connectivity index (χ1n) is 9.43. The van der Waals surface area contributed by atoms with Crippen molar-refractivity contribution in [2.45, 2.75) is 4.90 Å². The van der Waals surface area contributed by atoms with E-state index in [0.29, 0.717) is 16.5 Å². The molecule has 2 aromatic carbocycles. The van der Waals surface area contributed by atoms with E-state index < -0.39 is 15.8 Å². The van der Waals surface area contributed by atoms with Crippen LogP contribution in [-0.4, -0.2) is 54.3 Å². The number of para-hydroxylation sites is 1. The first-order valence-corrected chi connectivity index (χ1v) is 10.9. The van der Waals surface area contributed by atoms with E-state index in [-0.39, 0.29) is 42.5 Å². The van der Waals surface area contributed by atoms with Crippen molar-refractivity contribution >= 4 is 26.8 Å². The molecule has 9 heteroatoms. The third-order valence-corrected chi connectivity index (χ3v) is 7.24. The van der Waals surface area contributed by atoms with Crippen LogP contribution in [0.3, 0.4) is 0 Å². The van der Waals surface area contributed by atoms with Gasteiger partial charge in [-0.3, -0.25) is 9.59 Å². The van der Waals surface area contributed by atoms with Gasteiger partial charge >= 0.3 is 0 Å². The molecule has 156 valence electrons. The predicted molar refractivity (Wildman–Crippen MR) is 110 cm³/mol. The molecule has 1 aliphatic heterocycles. The van der Waals surface area contributed by atoms with Crippen LogP contribution in [0.1, 0.15) is 10.4 Å². The van der Waals surface area contributed by atoms with Crippen LogP contribution in [0.25, 0.3) is 10.9 Å². The lowest BCUT2D eigenvalue weighted by atomic mass is 10.1. The molecule has 1 fully saturated rings. The van der Waals surface area contributed by atoms with E-state index in [0.717, 1.165) is 6.07 Å². The number of fused-ring (bicyclic) bond motifs is 1. The predicted octanol–water partition coefficient (Wildman–Crippen LogP) is 1.82.